The van der Waals surface area contributed by atoms with Crippen LogP contribution in [-0.4, -0.2) is 28.2 Å². The third-order valence-electron chi connectivity index (χ3n) is 4.15. The molecule has 0 unspecified atom stereocenters. The molecule has 0 aliphatic carbocycles. The SMILES string of the molecule is CCCc1cc(C(=O)N[C@H](c2ccncc2)c2ccc(OC)cc2)n[nH]1. The lowest BCUT2D eigenvalue weighted by molar-refractivity contribution is 0.0938. The monoisotopic (exact) mass is 350 g/mol. The molecule has 0 radical (unpaired) electrons. The molecule has 1 amide bonds. The fourth-order valence-corrected chi connectivity index (χ4v) is 2.79. The molecule has 0 spiro atoms. The second kappa shape index (κ2) is 8.29. The summed E-state index contributed by atoms with van der Waals surface area (Å²) in [6.45, 7) is 2.09. The van der Waals surface area contributed by atoms with E-state index in [-0.39, 0.29) is 11.9 Å². The first-order valence-electron chi connectivity index (χ1n) is 8.60. The maximum absolute atomic E-state index is 12.7. The number of nitrogens with zero attached hydrogens (tertiary/aromatic N) is 2. The van der Waals surface area contributed by atoms with Crippen molar-refractivity contribution < 1.29 is 9.53 Å². The van der Waals surface area contributed by atoms with Crippen molar-refractivity contribution in [1.82, 2.24) is 20.5 Å². The van der Waals surface area contributed by atoms with Crippen LogP contribution in [0.2, 0.25) is 0 Å². The van der Waals surface area contributed by atoms with Crippen LogP contribution in [-0.2, 0) is 6.42 Å². The number of methoxy groups -OCH3 is 1. The van der Waals surface area contributed by atoms with Gasteiger partial charge in [0.15, 0.2) is 0 Å². The number of carbonyl (C=O) groups is 1. The van der Waals surface area contributed by atoms with Gasteiger partial charge in [0.05, 0.1) is 13.2 Å². The van der Waals surface area contributed by atoms with Gasteiger partial charge in [0, 0.05) is 18.1 Å². The van der Waals surface area contributed by atoms with Gasteiger partial charge in [-0.3, -0.25) is 14.9 Å². The topological polar surface area (TPSA) is 79.9 Å². The number of nitrogens with one attached hydrogen (secondary N) is 2. The Morgan fingerprint density at radius 1 is 1.15 bits per heavy atom. The number of ether oxygens (including phenoxy) is 1. The summed E-state index contributed by atoms with van der Waals surface area (Å²) in [6.07, 6.45) is 5.29. The molecule has 0 aliphatic rings. The standard InChI is InChI=1S/C20H22N4O2/c1-3-4-16-13-18(24-23-16)20(25)22-19(15-9-11-21-12-10-15)14-5-7-17(26-2)8-6-14/h5-13,19H,3-4H2,1-2H3,(H,22,25)(H,23,24)/t19-/m0/s1. The Bertz CT molecular complexity index is 844. The van der Waals surface area contributed by atoms with E-state index in [0.29, 0.717) is 5.69 Å². The Morgan fingerprint density at radius 3 is 2.50 bits per heavy atom. The van der Waals surface area contributed by atoms with E-state index in [2.05, 4.69) is 27.4 Å². The second-order valence-electron chi connectivity index (χ2n) is 5.99. The number of aromatic nitrogens is 3. The third kappa shape index (κ3) is 4.08. The summed E-state index contributed by atoms with van der Waals surface area (Å²) in [7, 11) is 1.63. The molecule has 3 aromatic rings. The first kappa shape index (κ1) is 17.7. The number of hydrogen-bond acceptors (Lipinski definition) is 4. The van der Waals surface area contributed by atoms with Crippen molar-refractivity contribution in [3.05, 3.63) is 77.4 Å². The number of H-pyrrole nitrogens is 1. The predicted molar refractivity (Wildman–Crippen MR) is 99.1 cm³/mol. The van der Waals surface area contributed by atoms with Crippen LogP contribution in [0.5, 0.6) is 5.75 Å². The normalized spacial score (nSPS) is 11.8. The summed E-state index contributed by atoms with van der Waals surface area (Å²) in [4.78, 5) is 16.8. The summed E-state index contributed by atoms with van der Waals surface area (Å²) in [5, 5.41) is 10.1. The molecule has 2 aromatic heterocycles. The van der Waals surface area contributed by atoms with Crippen molar-refractivity contribution in [3.8, 4) is 5.75 Å². The van der Waals surface area contributed by atoms with Gasteiger partial charge >= 0.3 is 0 Å². The Labute approximate surface area is 152 Å². The van der Waals surface area contributed by atoms with E-state index in [0.717, 1.165) is 35.4 Å². The number of aryl methyl sites for hydroxylation is 1. The lowest BCUT2D eigenvalue weighted by Crippen LogP contribution is -2.29. The summed E-state index contributed by atoms with van der Waals surface area (Å²) >= 11 is 0. The fraction of sp³-hybridized carbons (Fsp3) is 0.250. The number of carbonyl (C=O) groups excluding carboxylic acids is 1. The summed E-state index contributed by atoms with van der Waals surface area (Å²) in [6, 6.07) is 12.9. The average molecular weight is 350 g/mol. The minimum Gasteiger partial charge on any atom is -0.497 e. The second-order valence-corrected chi connectivity index (χ2v) is 5.99. The van der Waals surface area contributed by atoms with E-state index in [1.165, 1.54) is 0 Å². The van der Waals surface area contributed by atoms with Gasteiger partial charge in [-0.15, -0.1) is 0 Å². The first-order valence-corrected chi connectivity index (χ1v) is 8.60. The van der Waals surface area contributed by atoms with Crippen molar-refractivity contribution >= 4 is 5.91 Å². The van der Waals surface area contributed by atoms with Gasteiger partial charge in [-0.25, -0.2) is 0 Å². The van der Waals surface area contributed by atoms with E-state index >= 15 is 0 Å². The number of benzene rings is 1. The van der Waals surface area contributed by atoms with Crippen molar-refractivity contribution in [2.24, 2.45) is 0 Å². The Balaban J connectivity index is 1.86. The molecule has 6 nitrogen and oxygen atoms in total. The highest BCUT2D eigenvalue weighted by molar-refractivity contribution is 5.92. The van der Waals surface area contributed by atoms with Gasteiger partial charge in [0.25, 0.3) is 5.91 Å². The number of hydrogen-bond donors (Lipinski definition) is 2. The van der Waals surface area contributed by atoms with E-state index in [4.69, 9.17) is 4.74 Å². The van der Waals surface area contributed by atoms with E-state index in [1.54, 1.807) is 25.6 Å². The lowest BCUT2D eigenvalue weighted by atomic mass is 9.99. The average Bonchev–Trinajstić information content (AvgIpc) is 3.16. The highest BCUT2D eigenvalue weighted by atomic mass is 16.5. The molecule has 0 fully saturated rings. The molecule has 2 N–H and O–H groups in total. The smallest absolute Gasteiger partial charge is 0.272 e. The predicted octanol–water partition coefficient (Wildman–Crippen LogP) is 3.29. The van der Waals surface area contributed by atoms with Crippen molar-refractivity contribution in [2.75, 3.05) is 7.11 Å². The van der Waals surface area contributed by atoms with Crippen molar-refractivity contribution in [2.45, 2.75) is 25.8 Å². The van der Waals surface area contributed by atoms with Crippen LogP contribution in [0.1, 0.15) is 46.7 Å². The minimum absolute atomic E-state index is 0.221. The molecule has 2 heterocycles. The number of aromatic amines is 1. The van der Waals surface area contributed by atoms with Crippen LogP contribution < -0.4 is 10.1 Å². The van der Waals surface area contributed by atoms with Crippen molar-refractivity contribution in [3.63, 3.8) is 0 Å². The third-order valence-corrected chi connectivity index (χ3v) is 4.15. The molecule has 134 valence electrons. The molecule has 0 saturated carbocycles. The molecule has 6 heteroatoms. The van der Waals surface area contributed by atoms with Gasteiger partial charge in [-0.05, 0) is 47.9 Å². The Hall–Kier alpha value is -3.15. The molecule has 0 aliphatic heterocycles. The summed E-state index contributed by atoms with van der Waals surface area (Å²) in [5.74, 6) is 0.547. The Kier molecular flexibility index (Phi) is 5.63. The maximum Gasteiger partial charge on any atom is 0.272 e. The maximum atomic E-state index is 12.7. The summed E-state index contributed by atoms with van der Waals surface area (Å²) < 4.78 is 5.22. The molecular weight excluding hydrogens is 328 g/mol. The van der Waals surface area contributed by atoms with E-state index in [9.17, 15) is 4.79 Å². The van der Waals surface area contributed by atoms with Gasteiger partial charge in [0.2, 0.25) is 0 Å². The minimum atomic E-state index is -0.303. The van der Waals surface area contributed by atoms with Crippen LogP contribution in [0.25, 0.3) is 0 Å². The van der Waals surface area contributed by atoms with Crippen LogP contribution in [0.15, 0.2) is 54.9 Å². The molecule has 1 atom stereocenters. The van der Waals surface area contributed by atoms with E-state index < -0.39 is 0 Å². The van der Waals surface area contributed by atoms with Crippen molar-refractivity contribution in [1.29, 1.82) is 0 Å². The van der Waals surface area contributed by atoms with Crippen LogP contribution in [0.3, 0.4) is 0 Å². The molecule has 3 rings (SSSR count). The first-order chi connectivity index (χ1) is 12.7. The molecular formula is C20H22N4O2. The van der Waals surface area contributed by atoms with Gasteiger partial charge < -0.3 is 10.1 Å². The van der Waals surface area contributed by atoms with Crippen LogP contribution in [0, 0.1) is 0 Å². The quantitative estimate of drug-likeness (QED) is 0.685. The van der Waals surface area contributed by atoms with Gasteiger partial charge in [-0.2, -0.15) is 5.10 Å². The lowest BCUT2D eigenvalue weighted by Gasteiger charge is -2.19. The van der Waals surface area contributed by atoms with Crippen LogP contribution in [0.4, 0.5) is 0 Å². The Morgan fingerprint density at radius 2 is 1.85 bits per heavy atom. The fourth-order valence-electron chi connectivity index (χ4n) is 2.79. The number of amides is 1. The number of pyridine rings is 1. The zero-order valence-corrected chi connectivity index (χ0v) is 14.9. The largest absolute Gasteiger partial charge is 0.497 e. The number of rotatable bonds is 7. The zero-order chi connectivity index (χ0) is 18.4. The zero-order valence-electron chi connectivity index (χ0n) is 14.9. The van der Waals surface area contributed by atoms with Gasteiger partial charge in [-0.1, -0.05) is 25.5 Å². The molecule has 0 saturated heterocycles. The highest BCUT2D eigenvalue weighted by Gasteiger charge is 2.19. The molecule has 1 aromatic carbocycles. The summed E-state index contributed by atoms with van der Waals surface area (Å²) in [5.41, 5.74) is 3.25. The van der Waals surface area contributed by atoms with E-state index in [1.807, 2.05) is 36.4 Å². The molecule has 26 heavy (non-hydrogen) atoms. The van der Waals surface area contributed by atoms with Crippen LogP contribution >= 0.6 is 0 Å². The highest BCUT2D eigenvalue weighted by Crippen LogP contribution is 2.24. The molecule has 0 bridgehead atoms. The van der Waals surface area contributed by atoms with Gasteiger partial charge in [0.1, 0.15) is 11.4 Å².